The third-order valence-electron chi connectivity index (χ3n) is 9.67. The van der Waals surface area contributed by atoms with Crippen molar-refractivity contribution in [1.82, 2.24) is 31.2 Å². The van der Waals surface area contributed by atoms with Crippen molar-refractivity contribution < 1.29 is 47.9 Å². The Labute approximate surface area is 352 Å². The van der Waals surface area contributed by atoms with Crippen molar-refractivity contribution in [3.8, 4) is 0 Å². The predicted molar refractivity (Wildman–Crippen MR) is 222 cm³/mol. The molecule has 2 heterocycles. The van der Waals surface area contributed by atoms with E-state index < -0.39 is 71.1 Å². The van der Waals surface area contributed by atoms with Crippen molar-refractivity contribution in [2.45, 2.75) is 89.8 Å². The number of nitrogens with one attached hydrogen (secondary N) is 5. The first kappa shape index (κ1) is 45.1. The Balaban J connectivity index is 1.25. The zero-order valence-electron chi connectivity index (χ0n) is 34.3. The number of nitro benzene ring substituents is 1. The molecule has 18 heteroatoms. The largest absolute Gasteiger partial charge is 0.460 e. The van der Waals surface area contributed by atoms with E-state index in [0.717, 1.165) is 22.0 Å². The number of hydrogen-bond acceptors (Lipinski definition) is 11. The van der Waals surface area contributed by atoms with E-state index in [2.05, 4.69) is 26.3 Å². The van der Waals surface area contributed by atoms with E-state index in [-0.39, 0.29) is 51.3 Å². The number of H-pyrrole nitrogens is 1. The van der Waals surface area contributed by atoms with E-state index >= 15 is 0 Å². The van der Waals surface area contributed by atoms with Crippen LogP contribution < -0.4 is 21.3 Å². The van der Waals surface area contributed by atoms with Crippen molar-refractivity contribution in [2.24, 2.45) is 0 Å². The van der Waals surface area contributed by atoms with Crippen LogP contribution in [0, 0.1) is 10.1 Å². The molecule has 0 aliphatic carbocycles. The third-order valence-corrected chi connectivity index (χ3v) is 9.67. The Morgan fingerprint density at radius 1 is 0.852 bits per heavy atom. The smallest absolute Gasteiger partial charge is 0.408 e. The van der Waals surface area contributed by atoms with E-state index in [9.17, 15) is 38.9 Å². The lowest BCUT2D eigenvalue weighted by atomic mass is 10.0. The van der Waals surface area contributed by atoms with Gasteiger partial charge in [-0.15, -0.1) is 0 Å². The maximum absolute atomic E-state index is 14.5. The maximum Gasteiger partial charge on any atom is 0.408 e. The summed E-state index contributed by atoms with van der Waals surface area (Å²) in [6, 6.07) is 18.8. The number of carbonyl (C=O) groups excluding carboxylic acids is 6. The molecule has 1 aliphatic rings. The summed E-state index contributed by atoms with van der Waals surface area (Å²) >= 11 is 0. The Kier molecular flexibility index (Phi) is 15.8. The van der Waals surface area contributed by atoms with Gasteiger partial charge in [0.05, 0.1) is 4.92 Å². The topological polar surface area (TPSA) is 240 Å². The van der Waals surface area contributed by atoms with Crippen molar-refractivity contribution in [1.29, 1.82) is 0 Å². The van der Waals surface area contributed by atoms with E-state index in [4.69, 9.17) is 14.2 Å². The number of nitrogens with zero attached hydrogens (tertiary/aromatic N) is 2. The number of para-hydroxylation sites is 1. The average molecular weight is 842 g/mol. The van der Waals surface area contributed by atoms with Crippen molar-refractivity contribution in [3.63, 3.8) is 0 Å². The highest BCUT2D eigenvalue weighted by Crippen LogP contribution is 2.23. The molecule has 5 rings (SSSR count). The van der Waals surface area contributed by atoms with Crippen LogP contribution in [0.5, 0.6) is 0 Å². The number of ether oxygens (including phenoxy) is 3. The zero-order chi connectivity index (χ0) is 43.9. The predicted octanol–water partition coefficient (Wildman–Crippen LogP) is 4.55. The zero-order valence-corrected chi connectivity index (χ0v) is 34.3. The number of aromatic amines is 1. The molecule has 4 aromatic rings. The monoisotopic (exact) mass is 841 g/mol. The molecule has 3 aromatic carbocycles. The molecule has 324 valence electrons. The number of nitro groups is 1. The number of amides is 5. The van der Waals surface area contributed by atoms with E-state index in [1.807, 2.05) is 54.6 Å². The van der Waals surface area contributed by atoms with Crippen molar-refractivity contribution >= 4 is 52.5 Å². The van der Waals surface area contributed by atoms with Gasteiger partial charge in [0, 0.05) is 48.7 Å². The first-order valence-electron chi connectivity index (χ1n) is 19.9. The molecule has 3 atom stereocenters. The van der Waals surface area contributed by atoms with Gasteiger partial charge in [-0.05, 0) is 81.3 Å². The van der Waals surface area contributed by atoms with Crippen LogP contribution in [-0.2, 0) is 53.0 Å². The molecule has 0 saturated carbocycles. The quantitative estimate of drug-likeness (QED) is 0.0306. The van der Waals surface area contributed by atoms with Crippen molar-refractivity contribution in [3.05, 3.63) is 112 Å². The number of benzene rings is 3. The minimum Gasteiger partial charge on any atom is -0.460 e. The summed E-state index contributed by atoms with van der Waals surface area (Å²) in [6.45, 7) is 4.76. The summed E-state index contributed by atoms with van der Waals surface area (Å²) in [5.41, 5.74) is 1.88. The Morgan fingerprint density at radius 2 is 1.54 bits per heavy atom. The summed E-state index contributed by atoms with van der Waals surface area (Å²) in [5.74, 6) is -2.58. The molecule has 18 nitrogen and oxygen atoms in total. The van der Waals surface area contributed by atoms with Crippen molar-refractivity contribution in [2.75, 3.05) is 19.6 Å². The normalized spacial score (nSPS) is 14.6. The summed E-state index contributed by atoms with van der Waals surface area (Å²) in [6.07, 6.45) is 1.32. The maximum atomic E-state index is 14.5. The van der Waals surface area contributed by atoms with E-state index in [1.54, 1.807) is 27.0 Å². The number of alkyl carbamates (subject to hydrolysis) is 2. The van der Waals surface area contributed by atoms with Gasteiger partial charge in [-0.2, -0.15) is 0 Å². The van der Waals surface area contributed by atoms with Gasteiger partial charge in [0.25, 0.3) is 5.69 Å². The van der Waals surface area contributed by atoms with Crippen LogP contribution in [0.25, 0.3) is 10.9 Å². The number of likely N-dealkylation sites (tertiary alicyclic amines) is 1. The van der Waals surface area contributed by atoms with Gasteiger partial charge in [-0.25, -0.2) is 9.59 Å². The van der Waals surface area contributed by atoms with Crippen LogP contribution in [0.1, 0.15) is 63.1 Å². The van der Waals surface area contributed by atoms with Gasteiger partial charge in [-0.1, -0.05) is 48.5 Å². The highest BCUT2D eigenvalue weighted by molar-refractivity contribution is 5.95. The summed E-state index contributed by atoms with van der Waals surface area (Å²) in [5, 5.41) is 22.4. The lowest BCUT2D eigenvalue weighted by molar-refractivity contribution is -0.384. The molecule has 0 bridgehead atoms. The van der Waals surface area contributed by atoms with Gasteiger partial charge in [0.15, 0.2) is 0 Å². The number of carbonyl (C=O) groups is 6. The average Bonchev–Trinajstić information content (AvgIpc) is 3.90. The summed E-state index contributed by atoms with van der Waals surface area (Å²) < 4.78 is 15.9. The van der Waals surface area contributed by atoms with E-state index in [1.165, 1.54) is 29.2 Å². The molecule has 0 spiro atoms. The van der Waals surface area contributed by atoms with Gasteiger partial charge >= 0.3 is 18.2 Å². The lowest BCUT2D eigenvalue weighted by Gasteiger charge is -2.30. The Hall–Kier alpha value is -6.98. The number of aromatic nitrogens is 1. The summed E-state index contributed by atoms with van der Waals surface area (Å²) in [4.78, 5) is 94.8. The van der Waals surface area contributed by atoms with Crippen LogP contribution in [0.2, 0.25) is 0 Å². The molecule has 5 N–H and O–H groups in total. The molecule has 1 aliphatic heterocycles. The fourth-order valence-corrected chi connectivity index (χ4v) is 6.69. The molecular formula is C43H51N7O11. The Morgan fingerprint density at radius 3 is 2.26 bits per heavy atom. The minimum atomic E-state index is -1.19. The molecule has 0 unspecified atom stereocenters. The SMILES string of the molecule is CC(C)(C)OC(=O)N[C@H](CCCNC(=O)OCc1ccccc1)C(=O)N[C@@H](Cc1c[nH]c2ccccc12)C(=O)N1CCC[C@@H]1C(=O)NCC(=O)OCc1ccc([N+](=O)[O-])cc1. The molecule has 5 amide bonds. The standard InChI is InChI=1S/C43H51N7O11/c1-43(2,3)61-42(56)48-34(15-9-21-44-41(55)60-27-28-11-5-4-6-12-28)38(52)47-35(23-30-24-45-33-14-8-7-13-32(30)33)40(54)49-22-10-16-36(49)39(53)46-25-37(51)59-26-29-17-19-31(20-18-29)50(57)58/h4-8,11-14,17-20,24,34-36,45H,9-10,15-16,21-23,25-27H2,1-3H3,(H,44,55)(H,46,53)(H,47,52)(H,48,56)/t34-,35+,36-/m1/s1. The second kappa shape index (κ2) is 21.3. The van der Waals surface area contributed by atoms with Gasteiger partial charge in [0.2, 0.25) is 17.7 Å². The molecule has 61 heavy (non-hydrogen) atoms. The molecule has 1 fully saturated rings. The fraction of sp³-hybridized carbons (Fsp3) is 0.395. The van der Waals surface area contributed by atoms with Crippen LogP contribution in [0.3, 0.4) is 0 Å². The highest BCUT2D eigenvalue weighted by Gasteiger charge is 2.39. The minimum absolute atomic E-state index is 0.0301. The Bertz CT molecular complexity index is 2170. The van der Waals surface area contributed by atoms with Crippen LogP contribution in [0.4, 0.5) is 15.3 Å². The summed E-state index contributed by atoms with van der Waals surface area (Å²) in [7, 11) is 0. The number of hydrogen-bond donors (Lipinski definition) is 5. The highest BCUT2D eigenvalue weighted by atomic mass is 16.6. The molecule has 1 aromatic heterocycles. The third kappa shape index (κ3) is 13.8. The van der Waals surface area contributed by atoms with Crippen LogP contribution >= 0.6 is 0 Å². The van der Waals surface area contributed by atoms with E-state index in [0.29, 0.717) is 18.4 Å². The van der Waals surface area contributed by atoms with Crippen LogP contribution in [-0.4, -0.2) is 94.0 Å². The lowest BCUT2D eigenvalue weighted by Crippen LogP contribution is -2.57. The molecule has 1 saturated heterocycles. The number of fused-ring (bicyclic) bond motifs is 1. The van der Waals surface area contributed by atoms with Gasteiger partial charge in [-0.3, -0.25) is 29.3 Å². The number of rotatable bonds is 18. The van der Waals surface area contributed by atoms with Gasteiger partial charge < -0.3 is 45.4 Å². The fourth-order valence-electron chi connectivity index (χ4n) is 6.69. The van der Waals surface area contributed by atoms with Crippen LogP contribution in [0.15, 0.2) is 85.1 Å². The number of non-ortho nitro benzene ring substituents is 1. The first-order valence-corrected chi connectivity index (χ1v) is 19.9. The second-order valence-electron chi connectivity index (χ2n) is 15.4. The number of esters is 1. The molecular weight excluding hydrogens is 791 g/mol. The van der Waals surface area contributed by atoms with Gasteiger partial charge in [0.1, 0.15) is 43.5 Å². The molecule has 0 radical (unpaired) electrons. The first-order chi connectivity index (χ1) is 29.2. The second-order valence-corrected chi connectivity index (χ2v) is 15.4.